The van der Waals surface area contributed by atoms with Gasteiger partial charge in [0.25, 0.3) is 0 Å². The van der Waals surface area contributed by atoms with Crippen molar-refractivity contribution in [2.45, 2.75) is 89.9 Å². The molecule has 1 heterocycles. The van der Waals surface area contributed by atoms with Crippen LogP contribution in [0.4, 0.5) is 0 Å². The van der Waals surface area contributed by atoms with Crippen molar-refractivity contribution in [1.29, 1.82) is 0 Å². The highest BCUT2D eigenvalue weighted by atomic mass is 16.1. The molecule has 3 atom stereocenters. The lowest BCUT2D eigenvalue weighted by Gasteiger charge is -2.45. The van der Waals surface area contributed by atoms with E-state index in [1.807, 2.05) is 0 Å². The molecule has 1 saturated heterocycles. The molecular weight excluding hydrogens is 262 g/mol. The first-order valence-electron chi connectivity index (χ1n) is 8.69. The first kappa shape index (κ1) is 16.8. The highest BCUT2D eigenvalue weighted by molar-refractivity contribution is 5.85. The molecule has 4 heteroatoms. The van der Waals surface area contributed by atoms with Gasteiger partial charge in [-0.2, -0.15) is 0 Å². The number of likely N-dealkylation sites (tertiary alicyclic amines) is 1. The summed E-state index contributed by atoms with van der Waals surface area (Å²) in [5.74, 6) is 0.525. The Balaban J connectivity index is 2.13. The van der Waals surface area contributed by atoms with Crippen LogP contribution >= 0.6 is 0 Å². The Hall–Kier alpha value is -0.610. The van der Waals surface area contributed by atoms with Crippen molar-refractivity contribution < 1.29 is 4.79 Å². The number of nitrogens with one attached hydrogen (secondary N) is 1. The molecule has 2 aliphatic rings. The second-order valence-electron chi connectivity index (χ2n) is 7.69. The lowest BCUT2D eigenvalue weighted by Crippen LogP contribution is -2.62. The van der Waals surface area contributed by atoms with E-state index in [-0.39, 0.29) is 11.9 Å². The van der Waals surface area contributed by atoms with Gasteiger partial charge >= 0.3 is 0 Å². The number of nitrogens with two attached hydrogens (primary N) is 1. The SMILES string of the molecule is CC(C)NC1(C(N)=O)CCCC(N2CCCC2C(C)C)C1. The molecule has 0 aromatic carbocycles. The van der Waals surface area contributed by atoms with Gasteiger partial charge < -0.3 is 11.1 Å². The Morgan fingerprint density at radius 3 is 2.52 bits per heavy atom. The summed E-state index contributed by atoms with van der Waals surface area (Å²) in [6.07, 6.45) is 6.66. The van der Waals surface area contributed by atoms with Gasteiger partial charge in [0.1, 0.15) is 0 Å². The fourth-order valence-corrected chi connectivity index (χ4v) is 4.49. The predicted octanol–water partition coefficient (Wildman–Crippen LogP) is 2.27. The van der Waals surface area contributed by atoms with Crippen molar-refractivity contribution in [2.75, 3.05) is 6.54 Å². The molecule has 4 nitrogen and oxygen atoms in total. The Labute approximate surface area is 129 Å². The fraction of sp³-hybridized carbons (Fsp3) is 0.941. The van der Waals surface area contributed by atoms with Gasteiger partial charge in [0, 0.05) is 18.1 Å². The number of primary amides is 1. The highest BCUT2D eigenvalue weighted by Crippen LogP contribution is 2.36. The Kier molecular flexibility index (Phi) is 5.31. The zero-order chi connectivity index (χ0) is 15.6. The largest absolute Gasteiger partial charge is 0.368 e. The van der Waals surface area contributed by atoms with Crippen LogP contribution in [0.1, 0.15) is 66.2 Å². The van der Waals surface area contributed by atoms with Crippen LogP contribution in [0, 0.1) is 5.92 Å². The average molecular weight is 295 g/mol. The third-order valence-corrected chi connectivity index (χ3v) is 5.34. The molecule has 0 aromatic rings. The summed E-state index contributed by atoms with van der Waals surface area (Å²) in [6, 6.07) is 1.47. The van der Waals surface area contributed by atoms with Crippen molar-refractivity contribution in [3.63, 3.8) is 0 Å². The molecule has 3 N–H and O–H groups in total. The monoisotopic (exact) mass is 295 g/mol. The molecule has 1 saturated carbocycles. The van der Waals surface area contributed by atoms with Crippen LogP contribution in [0.25, 0.3) is 0 Å². The molecule has 0 aromatic heterocycles. The molecule has 1 aliphatic heterocycles. The molecule has 0 spiro atoms. The molecule has 1 aliphatic carbocycles. The number of carbonyl (C=O) groups excluding carboxylic acids is 1. The summed E-state index contributed by atoms with van der Waals surface area (Å²) in [4.78, 5) is 14.8. The third-order valence-electron chi connectivity index (χ3n) is 5.34. The minimum atomic E-state index is -0.499. The van der Waals surface area contributed by atoms with Gasteiger partial charge in [0.2, 0.25) is 5.91 Å². The summed E-state index contributed by atoms with van der Waals surface area (Å²) < 4.78 is 0. The van der Waals surface area contributed by atoms with E-state index in [2.05, 4.69) is 37.9 Å². The van der Waals surface area contributed by atoms with Crippen molar-refractivity contribution in [2.24, 2.45) is 11.7 Å². The molecule has 2 fully saturated rings. The molecule has 2 rings (SSSR count). The maximum atomic E-state index is 12.1. The lowest BCUT2D eigenvalue weighted by atomic mass is 9.77. The van der Waals surface area contributed by atoms with Gasteiger partial charge in [0.15, 0.2) is 0 Å². The van der Waals surface area contributed by atoms with Gasteiger partial charge in [0.05, 0.1) is 5.54 Å². The Bertz CT molecular complexity index is 369. The van der Waals surface area contributed by atoms with E-state index in [1.165, 1.54) is 25.8 Å². The molecular formula is C17H33N3O. The standard InChI is InChI=1S/C17H33N3O/c1-12(2)15-8-6-10-20(15)14-7-5-9-17(11-14,16(18)21)19-13(3)4/h12-15,19H,5-11H2,1-4H3,(H2,18,21). The van der Waals surface area contributed by atoms with Gasteiger partial charge in [-0.05, 0) is 64.8 Å². The summed E-state index contributed by atoms with van der Waals surface area (Å²) >= 11 is 0. The zero-order valence-electron chi connectivity index (χ0n) is 14.2. The van der Waals surface area contributed by atoms with Crippen molar-refractivity contribution in [3.8, 4) is 0 Å². The van der Waals surface area contributed by atoms with Crippen molar-refractivity contribution >= 4 is 5.91 Å². The molecule has 0 radical (unpaired) electrons. The van der Waals surface area contributed by atoms with Crippen LogP contribution in [0.3, 0.4) is 0 Å². The number of hydrogen-bond donors (Lipinski definition) is 2. The second kappa shape index (κ2) is 6.66. The van der Waals surface area contributed by atoms with Crippen LogP contribution in [-0.4, -0.2) is 41.0 Å². The van der Waals surface area contributed by atoms with Crippen LogP contribution in [-0.2, 0) is 4.79 Å². The molecule has 1 amide bonds. The quantitative estimate of drug-likeness (QED) is 0.818. The fourth-order valence-electron chi connectivity index (χ4n) is 4.49. The van der Waals surface area contributed by atoms with Crippen LogP contribution < -0.4 is 11.1 Å². The minimum Gasteiger partial charge on any atom is -0.368 e. The normalized spacial score (nSPS) is 34.8. The van der Waals surface area contributed by atoms with Crippen LogP contribution in [0.15, 0.2) is 0 Å². The van der Waals surface area contributed by atoms with E-state index >= 15 is 0 Å². The van der Waals surface area contributed by atoms with E-state index in [9.17, 15) is 4.79 Å². The maximum absolute atomic E-state index is 12.1. The summed E-state index contributed by atoms with van der Waals surface area (Å²) in [6.45, 7) is 10.0. The third kappa shape index (κ3) is 3.59. The summed E-state index contributed by atoms with van der Waals surface area (Å²) in [7, 11) is 0. The first-order valence-corrected chi connectivity index (χ1v) is 8.69. The van der Waals surface area contributed by atoms with Gasteiger partial charge in [-0.25, -0.2) is 0 Å². The van der Waals surface area contributed by atoms with E-state index in [0.717, 1.165) is 19.3 Å². The second-order valence-corrected chi connectivity index (χ2v) is 7.69. The van der Waals surface area contributed by atoms with Gasteiger partial charge in [-0.15, -0.1) is 0 Å². The van der Waals surface area contributed by atoms with E-state index < -0.39 is 5.54 Å². The van der Waals surface area contributed by atoms with Gasteiger partial charge in [-0.3, -0.25) is 9.69 Å². The number of amides is 1. The predicted molar refractivity (Wildman–Crippen MR) is 87.0 cm³/mol. The highest BCUT2D eigenvalue weighted by Gasteiger charge is 2.45. The topological polar surface area (TPSA) is 58.4 Å². The molecule has 0 bridgehead atoms. The number of hydrogen-bond acceptors (Lipinski definition) is 3. The van der Waals surface area contributed by atoms with Crippen LogP contribution in [0.5, 0.6) is 0 Å². The number of nitrogens with zero attached hydrogens (tertiary/aromatic N) is 1. The van der Waals surface area contributed by atoms with Crippen molar-refractivity contribution in [1.82, 2.24) is 10.2 Å². The maximum Gasteiger partial charge on any atom is 0.237 e. The Morgan fingerprint density at radius 1 is 1.24 bits per heavy atom. The minimum absolute atomic E-state index is 0.166. The van der Waals surface area contributed by atoms with Crippen LogP contribution in [0.2, 0.25) is 0 Å². The van der Waals surface area contributed by atoms with Gasteiger partial charge in [-0.1, -0.05) is 13.8 Å². The first-order chi connectivity index (χ1) is 9.85. The summed E-state index contributed by atoms with van der Waals surface area (Å²) in [5, 5.41) is 3.49. The number of rotatable bonds is 5. The van der Waals surface area contributed by atoms with Crippen molar-refractivity contribution in [3.05, 3.63) is 0 Å². The number of carbonyl (C=O) groups is 1. The molecule has 122 valence electrons. The molecule has 21 heavy (non-hydrogen) atoms. The zero-order valence-corrected chi connectivity index (χ0v) is 14.2. The average Bonchev–Trinajstić information content (AvgIpc) is 2.87. The smallest absolute Gasteiger partial charge is 0.237 e. The summed E-state index contributed by atoms with van der Waals surface area (Å²) in [5.41, 5.74) is 5.29. The Morgan fingerprint density at radius 2 is 1.95 bits per heavy atom. The molecule has 3 unspecified atom stereocenters. The van der Waals surface area contributed by atoms with E-state index in [0.29, 0.717) is 18.0 Å². The lowest BCUT2D eigenvalue weighted by molar-refractivity contribution is -0.127. The van der Waals surface area contributed by atoms with E-state index in [4.69, 9.17) is 5.73 Å². The van der Waals surface area contributed by atoms with E-state index in [1.54, 1.807) is 0 Å².